The van der Waals surface area contributed by atoms with Gasteiger partial charge in [-0.2, -0.15) is 23.4 Å². The maximum atomic E-state index is 12.5. The predicted octanol–water partition coefficient (Wildman–Crippen LogP) is 2.03. The summed E-state index contributed by atoms with van der Waals surface area (Å²) in [5.74, 6) is -1.86. The lowest BCUT2D eigenvalue weighted by Crippen LogP contribution is -2.24. The van der Waals surface area contributed by atoms with Crippen LogP contribution in [0, 0.1) is 13.8 Å². The van der Waals surface area contributed by atoms with Crippen LogP contribution in [0.3, 0.4) is 0 Å². The highest BCUT2D eigenvalue weighted by molar-refractivity contribution is 6.02. The summed E-state index contributed by atoms with van der Waals surface area (Å²) in [6.45, 7) is 3.12. The Hall–Kier alpha value is -2.12. The van der Waals surface area contributed by atoms with E-state index in [0.717, 1.165) is 5.56 Å². The number of alkyl halides is 3. The lowest BCUT2D eigenvalue weighted by molar-refractivity contribution is -0.0886. The fraction of sp³-hybridized carbons (Fsp3) is 0.417. The normalized spacial score (nSPS) is 11.9. The average Bonchev–Trinajstić information content (AvgIpc) is 2.83. The fourth-order valence-electron chi connectivity index (χ4n) is 2.05. The van der Waals surface area contributed by atoms with Crippen LogP contribution >= 0.6 is 0 Å². The van der Waals surface area contributed by atoms with Gasteiger partial charge in [-0.05, 0) is 13.8 Å². The Balaban J connectivity index is 2.36. The van der Waals surface area contributed by atoms with E-state index < -0.39 is 12.0 Å². The van der Waals surface area contributed by atoms with Crippen molar-refractivity contribution in [2.45, 2.75) is 26.6 Å². The molecular formula is C12H13F3N4O. The molecule has 0 aliphatic rings. The van der Waals surface area contributed by atoms with Gasteiger partial charge in [0.25, 0.3) is 5.78 Å². The molecule has 0 aromatic carbocycles. The number of hydrogen-bond donors (Lipinski definition) is 0. The van der Waals surface area contributed by atoms with Crippen LogP contribution in [0.15, 0.2) is 12.4 Å². The molecule has 2 aromatic heterocycles. The van der Waals surface area contributed by atoms with E-state index in [2.05, 4.69) is 10.2 Å². The minimum atomic E-state index is -4.89. The number of aryl methyl sites for hydroxylation is 2. The summed E-state index contributed by atoms with van der Waals surface area (Å²) in [6.07, 6.45) is -1.55. The Bertz CT molecular complexity index is 654. The Labute approximate surface area is 113 Å². The Morgan fingerprint density at radius 1 is 1.35 bits per heavy atom. The van der Waals surface area contributed by atoms with Crippen LogP contribution in [0.1, 0.15) is 27.3 Å². The number of aromatic nitrogens is 4. The van der Waals surface area contributed by atoms with Gasteiger partial charge in [-0.1, -0.05) is 0 Å². The minimum Gasteiger partial charge on any atom is -0.284 e. The van der Waals surface area contributed by atoms with E-state index in [-0.39, 0.29) is 23.5 Å². The summed E-state index contributed by atoms with van der Waals surface area (Å²) in [4.78, 5) is 11.4. The molecule has 0 atom stereocenters. The van der Waals surface area contributed by atoms with Crippen LogP contribution < -0.4 is 0 Å². The highest BCUT2D eigenvalue weighted by atomic mass is 19.4. The molecule has 0 bridgehead atoms. The van der Waals surface area contributed by atoms with Crippen molar-refractivity contribution in [2.24, 2.45) is 7.05 Å². The van der Waals surface area contributed by atoms with Crippen molar-refractivity contribution in [2.75, 3.05) is 0 Å². The molecule has 8 heteroatoms. The first-order valence-electron chi connectivity index (χ1n) is 5.83. The number of nitrogens with zero attached hydrogens (tertiary/aromatic N) is 4. The lowest BCUT2D eigenvalue weighted by Gasteiger charge is -2.06. The number of carbonyl (C=O) groups excluding carboxylic acids is 1. The van der Waals surface area contributed by atoms with Gasteiger partial charge in [0.1, 0.15) is 0 Å². The van der Waals surface area contributed by atoms with Gasteiger partial charge in [-0.3, -0.25) is 14.2 Å². The molecule has 2 rings (SSSR count). The van der Waals surface area contributed by atoms with Gasteiger partial charge in [-0.15, -0.1) is 0 Å². The van der Waals surface area contributed by atoms with E-state index in [4.69, 9.17) is 0 Å². The molecule has 2 heterocycles. The van der Waals surface area contributed by atoms with Crippen LogP contribution in [-0.4, -0.2) is 31.5 Å². The maximum Gasteiger partial charge on any atom is 0.455 e. The summed E-state index contributed by atoms with van der Waals surface area (Å²) in [5.41, 5.74) is 0.702. The predicted molar refractivity (Wildman–Crippen MR) is 64.4 cm³/mol. The molecule has 108 valence electrons. The first kappa shape index (κ1) is 14.3. The summed E-state index contributed by atoms with van der Waals surface area (Å²) < 4.78 is 40.6. The second-order valence-electron chi connectivity index (χ2n) is 4.55. The number of halogens is 3. The van der Waals surface area contributed by atoms with Gasteiger partial charge < -0.3 is 0 Å². The van der Waals surface area contributed by atoms with E-state index in [0.29, 0.717) is 0 Å². The van der Waals surface area contributed by atoms with E-state index in [1.165, 1.54) is 18.5 Å². The van der Waals surface area contributed by atoms with E-state index >= 15 is 0 Å². The van der Waals surface area contributed by atoms with E-state index in [1.54, 1.807) is 24.1 Å². The number of carbonyl (C=O) groups is 1. The molecule has 0 aliphatic carbocycles. The SMILES string of the molecule is Cc1nn(Cc2cnn(C)c2)c(C)c1C(=O)C(F)(F)F. The highest BCUT2D eigenvalue weighted by Crippen LogP contribution is 2.25. The van der Waals surface area contributed by atoms with Crippen molar-refractivity contribution >= 4 is 5.78 Å². The first-order chi connectivity index (χ1) is 9.20. The third-order valence-electron chi connectivity index (χ3n) is 2.96. The van der Waals surface area contributed by atoms with Crippen LogP contribution in [0.5, 0.6) is 0 Å². The van der Waals surface area contributed by atoms with Crippen molar-refractivity contribution in [3.05, 3.63) is 34.9 Å². The molecular weight excluding hydrogens is 273 g/mol. The largest absolute Gasteiger partial charge is 0.455 e. The molecule has 0 saturated carbocycles. The Morgan fingerprint density at radius 2 is 2.00 bits per heavy atom. The summed E-state index contributed by atoms with van der Waals surface area (Å²) in [5, 5.41) is 7.98. The molecule has 0 radical (unpaired) electrons. The molecule has 0 spiro atoms. The summed E-state index contributed by atoms with van der Waals surface area (Å²) in [6, 6.07) is 0. The topological polar surface area (TPSA) is 52.7 Å². The Morgan fingerprint density at radius 3 is 2.50 bits per heavy atom. The third-order valence-corrected chi connectivity index (χ3v) is 2.96. The van der Waals surface area contributed by atoms with Crippen LogP contribution in [0.25, 0.3) is 0 Å². The van der Waals surface area contributed by atoms with Gasteiger partial charge in [0, 0.05) is 24.5 Å². The molecule has 0 N–H and O–H groups in total. The van der Waals surface area contributed by atoms with Gasteiger partial charge in [0.05, 0.1) is 24.0 Å². The number of Topliss-reactive ketones (excluding diaryl/α,β-unsaturated/α-hetero) is 1. The van der Waals surface area contributed by atoms with E-state index in [1.807, 2.05) is 0 Å². The molecule has 20 heavy (non-hydrogen) atoms. The van der Waals surface area contributed by atoms with Crippen molar-refractivity contribution in [1.82, 2.24) is 19.6 Å². The average molecular weight is 286 g/mol. The number of hydrogen-bond acceptors (Lipinski definition) is 3. The first-order valence-corrected chi connectivity index (χ1v) is 5.83. The highest BCUT2D eigenvalue weighted by Gasteiger charge is 2.42. The smallest absolute Gasteiger partial charge is 0.284 e. The third kappa shape index (κ3) is 2.59. The zero-order chi connectivity index (χ0) is 15.1. The second kappa shape index (κ2) is 4.77. The fourth-order valence-corrected chi connectivity index (χ4v) is 2.05. The lowest BCUT2D eigenvalue weighted by atomic mass is 10.1. The summed E-state index contributed by atoms with van der Waals surface area (Å²) in [7, 11) is 1.74. The van der Waals surface area contributed by atoms with Crippen LogP contribution in [0.2, 0.25) is 0 Å². The summed E-state index contributed by atoms with van der Waals surface area (Å²) >= 11 is 0. The second-order valence-corrected chi connectivity index (χ2v) is 4.55. The van der Waals surface area contributed by atoms with Crippen LogP contribution in [-0.2, 0) is 13.6 Å². The molecule has 0 aliphatic heterocycles. The Kier molecular flexibility index (Phi) is 3.41. The van der Waals surface area contributed by atoms with Gasteiger partial charge in [0.2, 0.25) is 0 Å². The van der Waals surface area contributed by atoms with Crippen molar-refractivity contribution < 1.29 is 18.0 Å². The quantitative estimate of drug-likeness (QED) is 0.811. The van der Waals surface area contributed by atoms with Gasteiger partial charge >= 0.3 is 6.18 Å². The van der Waals surface area contributed by atoms with E-state index in [9.17, 15) is 18.0 Å². The van der Waals surface area contributed by atoms with Crippen molar-refractivity contribution in [3.63, 3.8) is 0 Å². The monoisotopic (exact) mass is 286 g/mol. The van der Waals surface area contributed by atoms with Crippen molar-refractivity contribution in [3.8, 4) is 0 Å². The molecule has 0 amide bonds. The zero-order valence-electron chi connectivity index (χ0n) is 11.2. The standard InChI is InChI=1S/C12H13F3N4O/c1-7-10(11(20)12(13,14)15)8(2)19(17-7)6-9-4-16-18(3)5-9/h4-5H,6H2,1-3H3. The zero-order valence-corrected chi connectivity index (χ0v) is 11.2. The van der Waals surface area contributed by atoms with Crippen LogP contribution in [0.4, 0.5) is 13.2 Å². The maximum absolute atomic E-state index is 12.5. The van der Waals surface area contributed by atoms with Gasteiger partial charge in [-0.25, -0.2) is 0 Å². The molecule has 2 aromatic rings. The number of ketones is 1. The van der Waals surface area contributed by atoms with Gasteiger partial charge in [0.15, 0.2) is 0 Å². The number of rotatable bonds is 3. The van der Waals surface area contributed by atoms with Crippen molar-refractivity contribution in [1.29, 1.82) is 0 Å². The molecule has 0 saturated heterocycles. The minimum absolute atomic E-state index is 0.0775. The molecule has 5 nitrogen and oxygen atoms in total. The molecule has 0 fully saturated rings. The molecule has 0 unspecified atom stereocenters.